The zero-order valence-electron chi connectivity index (χ0n) is 20.6. The van der Waals surface area contributed by atoms with Crippen molar-refractivity contribution in [1.29, 1.82) is 0 Å². The van der Waals surface area contributed by atoms with Crippen LogP contribution in [0.3, 0.4) is 0 Å². The summed E-state index contributed by atoms with van der Waals surface area (Å²) in [5.41, 5.74) is 4.68. The Morgan fingerprint density at radius 2 is 1.76 bits per heavy atom. The third kappa shape index (κ3) is 4.98. The van der Waals surface area contributed by atoms with Crippen LogP contribution in [-0.4, -0.2) is 39.6 Å². The van der Waals surface area contributed by atoms with E-state index in [1.807, 2.05) is 0 Å². The molecule has 0 bridgehead atoms. The molecule has 1 atom stereocenters. The Balaban J connectivity index is 1.25. The van der Waals surface area contributed by atoms with E-state index >= 15 is 0 Å². The van der Waals surface area contributed by atoms with Gasteiger partial charge < -0.3 is 14.2 Å². The first kappa shape index (κ1) is 22.9. The highest BCUT2D eigenvalue weighted by atomic mass is 16.5. The topological polar surface area (TPSA) is 47.4 Å². The molecule has 1 saturated carbocycles. The second-order valence-electron chi connectivity index (χ2n) is 10.2. The van der Waals surface area contributed by atoms with Gasteiger partial charge in [-0.2, -0.15) is 0 Å². The minimum Gasteiger partial charge on any atom is -0.494 e. The van der Waals surface area contributed by atoms with Gasteiger partial charge in [0.2, 0.25) is 5.91 Å². The Morgan fingerprint density at radius 3 is 2.56 bits per heavy atom. The van der Waals surface area contributed by atoms with Crippen molar-refractivity contribution >= 4 is 16.9 Å². The molecule has 34 heavy (non-hydrogen) atoms. The molecule has 1 saturated heterocycles. The molecule has 1 unspecified atom stereocenters. The number of hydrogen-bond acceptors (Lipinski definition) is 3. The maximum Gasteiger partial charge on any atom is 0.223 e. The lowest BCUT2D eigenvalue weighted by Crippen LogP contribution is -2.37. The Hall–Kier alpha value is -2.82. The molecule has 5 nitrogen and oxygen atoms in total. The van der Waals surface area contributed by atoms with Crippen molar-refractivity contribution in [3.05, 3.63) is 59.4 Å². The number of hydrogen-bond donors (Lipinski definition) is 0. The summed E-state index contributed by atoms with van der Waals surface area (Å²) in [5.74, 6) is 2.55. The minimum absolute atomic E-state index is 0.188. The molecule has 180 valence electrons. The van der Waals surface area contributed by atoms with Crippen LogP contribution >= 0.6 is 0 Å². The van der Waals surface area contributed by atoms with E-state index in [0.717, 1.165) is 55.9 Å². The first-order valence-corrected chi connectivity index (χ1v) is 13.0. The van der Waals surface area contributed by atoms with Crippen molar-refractivity contribution in [3.63, 3.8) is 0 Å². The van der Waals surface area contributed by atoms with Crippen molar-refractivity contribution in [2.75, 3.05) is 13.2 Å². The molecule has 5 heteroatoms. The molecule has 0 N–H and O–H groups in total. The molecule has 2 aromatic carbocycles. The number of fused-ring (bicyclic) bond motifs is 1. The number of likely N-dealkylation sites (tertiary alicyclic amines) is 1. The summed E-state index contributed by atoms with van der Waals surface area (Å²) in [6.07, 6.45) is 8.73. The van der Waals surface area contributed by atoms with Crippen molar-refractivity contribution < 1.29 is 9.53 Å². The largest absolute Gasteiger partial charge is 0.494 e. The minimum atomic E-state index is 0.188. The Kier molecular flexibility index (Phi) is 6.89. The number of benzene rings is 2. The monoisotopic (exact) mass is 459 g/mol. The van der Waals surface area contributed by atoms with Crippen molar-refractivity contribution in [1.82, 2.24) is 14.5 Å². The van der Waals surface area contributed by atoms with Gasteiger partial charge in [0.1, 0.15) is 11.6 Å². The van der Waals surface area contributed by atoms with E-state index in [4.69, 9.17) is 9.72 Å². The first-order chi connectivity index (χ1) is 16.6. The molecule has 2 heterocycles. The summed E-state index contributed by atoms with van der Waals surface area (Å²) in [4.78, 5) is 20.1. The first-order valence-electron chi connectivity index (χ1n) is 13.0. The number of carbonyl (C=O) groups excluding carboxylic acids is 1. The predicted octanol–water partition coefficient (Wildman–Crippen LogP) is 6.16. The summed E-state index contributed by atoms with van der Waals surface area (Å²) >= 11 is 0. The van der Waals surface area contributed by atoms with Crippen LogP contribution in [0.15, 0.2) is 42.5 Å². The maximum absolute atomic E-state index is 12.9. The smallest absolute Gasteiger partial charge is 0.223 e. The number of aromatic nitrogens is 2. The average molecular weight is 460 g/mol. The zero-order valence-corrected chi connectivity index (χ0v) is 20.6. The van der Waals surface area contributed by atoms with Gasteiger partial charge in [-0.25, -0.2) is 4.98 Å². The zero-order chi connectivity index (χ0) is 23.5. The number of carbonyl (C=O) groups is 1. The lowest BCUT2D eigenvalue weighted by molar-refractivity contribution is -0.130. The van der Waals surface area contributed by atoms with Crippen LogP contribution in [-0.2, 0) is 11.3 Å². The number of unbranched alkanes of at least 4 members (excludes halogenated alkanes) is 1. The number of aryl methyl sites for hydroxylation is 3. The van der Waals surface area contributed by atoms with E-state index in [-0.39, 0.29) is 5.92 Å². The van der Waals surface area contributed by atoms with Crippen molar-refractivity contribution in [2.45, 2.75) is 83.7 Å². The van der Waals surface area contributed by atoms with Crippen molar-refractivity contribution in [2.24, 2.45) is 0 Å². The lowest BCUT2D eigenvalue weighted by Gasteiger charge is -2.31. The molecule has 2 fully saturated rings. The Morgan fingerprint density at radius 1 is 1.00 bits per heavy atom. The predicted molar refractivity (Wildman–Crippen MR) is 136 cm³/mol. The van der Waals surface area contributed by atoms with Gasteiger partial charge in [0, 0.05) is 31.5 Å². The molecule has 0 spiro atoms. The molecular weight excluding hydrogens is 422 g/mol. The fourth-order valence-corrected chi connectivity index (χ4v) is 5.87. The fourth-order valence-electron chi connectivity index (χ4n) is 5.87. The van der Waals surface area contributed by atoms with Gasteiger partial charge in [-0.05, 0) is 74.9 Å². The van der Waals surface area contributed by atoms with E-state index in [0.29, 0.717) is 25.0 Å². The third-order valence-corrected chi connectivity index (χ3v) is 7.46. The fraction of sp³-hybridized carbons (Fsp3) is 0.517. The molecule has 1 amide bonds. The van der Waals surface area contributed by atoms with Crippen LogP contribution in [0.5, 0.6) is 5.75 Å². The lowest BCUT2D eigenvalue weighted by atomic mass is 9.94. The molecule has 3 aromatic rings. The number of para-hydroxylation sites is 2. The molecule has 1 aliphatic carbocycles. The molecule has 2 aliphatic rings. The Labute approximate surface area is 203 Å². The number of imidazole rings is 1. The summed E-state index contributed by atoms with van der Waals surface area (Å²) in [6, 6.07) is 15.2. The number of ether oxygens (including phenoxy) is 1. The van der Waals surface area contributed by atoms with E-state index in [2.05, 4.69) is 65.8 Å². The van der Waals surface area contributed by atoms with Gasteiger partial charge in [-0.15, -0.1) is 0 Å². The SMILES string of the molecule is Cc1cc(C)cc(OCCCCn2c(C3CC(=O)N(C4CCCCC4)C3)nc3ccccc32)c1. The van der Waals surface area contributed by atoms with Crippen LogP contribution < -0.4 is 4.74 Å². The standard InChI is InChI=1S/C29H37N3O2/c1-21-16-22(2)18-25(17-21)34-15-9-8-14-31-27-13-7-6-12-26(27)30-29(31)23-19-28(33)32(20-23)24-10-4-3-5-11-24/h6-7,12-13,16-18,23-24H,3-5,8-11,14-15,19-20H2,1-2H3. The van der Waals surface area contributed by atoms with Gasteiger partial charge in [0.25, 0.3) is 0 Å². The quantitative estimate of drug-likeness (QED) is 0.379. The molecule has 1 aromatic heterocycles. The van der Waals surface area contributed by atoms with Gasteiger partial charge >= 0.3 is 0 Å². The van der Waals surface area contributed by atoms with E-state index in [1.165, 1.54) is 35.9 Å². The number of amides is 1. The molecule has 0 radical (unpaired) electrons. The van der Waals surface area contributed by atoms with Crippen LogP contribution in [0.4, 0.5) is 0 Å². The van der Waals surface area contributed by atoms with E-state index < -0.39 is 0 Å². The molecule has 5 rings (SSSR count). The van der Waals surface area contributed by atoms with Crippen LogP contribution in [0.1, 0.15) is 74.2 Å². The Bertz CT molecular complexity index is 1130. The second kappa shape index (κ2) is 10.2. The van der Waals surface area contributed by atoms with Crippen LogP contribution in [0, 0.1) is 13.8 Å². The van der Waals surface area contributed by atoms with E-state index in [9.17, 15) is 4.79 Å². The van der Waals surface area contributed by atoms with Crippen LogP contribution in [0.25, 0.3) is 11.0 Å². The van der Waals surface area contributed by atoms with Gasteiger partial charge in [0.05, 0.1) is 17.6 Å². The van der Waals surface area contributed by atoms with Gasteiger partial charge in [0.15, 0.2) is 0 Å². The van der Waals surface area contributed by atoms with Gasteiger partial charge in [-0.1, -0.05) is 37.5 Å². The highest BCUT2D eigenvalue weighted by Gasteiger charge is 2.37. The molecule has 1 aliphatic heterocycles. The molecular formula is C29H37N3O2. The third-order valence-electron chi connectivity index (χ3n) is 7.46. The maximum atomic E-state index is 12.9. The highest BCUT2D eigenvalue weighted by molar-refractivity contribution is 5.81. The van der Waals surface area contributed by atoms with E-state index in [1.54, 1.807) is 0 Å². The van der Waals surface area contributed by atoms with Crippen molar-refractivity contribution in [3.8, 4) is 5.75 Å². The summed E-state index contributed by atoms with van der Waals surface area (Å²) < 4.78 is 8.39. The summed E-state index contributed by atoms with van der Waals surface area (Å²) in [6.45, 7) is 6.65. The highest BCUT2D eigenvalue weighted by Crippen LogP contribution is 2.34. The summed E-state index contributed by atoms with van der Waals surface area (Å²) in [7, 11) is 0. The summed E-state index contributed by atoms with van der Waals surface area (Å²) in [5, 5.41) is 0. The average Bonchev–Trinajstić information content (AvgIpc) is 3.39. The second-order valence-corrected chi connectivity index (χ2v) is 10.2. The normalized spacial score (nSPS) is 19.3. The number of nitrogens with zero attached hydrogens (tertiary/aromatic N) is 3. The number of rotatable bonds is 8. The van der Waals surface area contributed by atoms with Gasteiger partial charge in [-0.3, -0.25) is 4.79 Å². The van der Waals surface area contributed by atoms with Crippen LogP contribution in [0.2, 0.25) is 0 Å².